The van der Waals surface area contributed by atoms with Crippen LogP contribution < -0.4 is 5.32 Å². The maximum absolute atomic E-state index is 13.5. The molecule has 2 amide bonds. The van der Waals surface area contributed by atoms with Crippen molar-refractivity contribution in [2.24, 2.45) is 0 Å². The van der Waals surface area contributed by atoms with E-state index in [-0.39, 0.29) is 19.0 Å². The lowest BCUT2D eigenvalue weighted by atomic mass is 10.2. The molecule has 1 heterocycles. The second kappa shape index (κ2) is 8.84. The second-order valence-corrected chi connectivity index (χ2v) is 6.24. The van der Waals surface area contributed by atoms with Crippen LogP contribution >= 0.6 is 0 Å². The van der Waals surface area contributed by atoms with Crippen molar-refractivity contribution in [1.29, 1.82) is 0 Å². The number of likely N-dealkylation sites (tertiary alicyclic amines) is 1. The lowest BCUT2D eigenvalue weighted by molar-refractivity contribution is -0.132. The summed E-state index contributed by atoms with van der Waals surface area (Å²) in [5.41, 5.74) is -0.434. The molecule has 1 saturated heterocycles. The van der Waals surface area contributed by atoms with Gasteiger partial charge >= 0.3 is 0 Å². The summed E-state index contributed by atoms with van der Waals surface area (Å²) in [6.45, 7) is 1.34. The third-order valence-corrected chi connectivity index (χ3v) is 4.09. The molecule has 1 aliphatic heterocycles. The zero-order chi connectivity index (χ0) is 18.4. The Bertz CT molecular complexity index is 632. The standard InChI is InChI=1S/C17H22F3N3O2/c1-22(11-15(25)23-8-4-2-3-5-9-23)10-14(24)21-13-7-6-12(18)16(19)17(13)20/h6-7H,2-5,8-11H2,1H3,(H,21,24). The summed E-state index contributed by atoms with van der Waals surface area (Å²) in [6.07, 6.45) is 4.18. The van der Waals surface area contributed by atoms with Crippen LogP contribution in [0.4, 0.5) is 18.9 Å². The molecular weight excluding hydrogens is 335 g/mol. The lowest BCUT2D eigenvalue weighted by Gasteiger charge is -2.23. The van der Waals surface area contributed by atoms with Crippen molar-refractivity contribution in [3.8, 4) is 0 Å². The quantitative estimate of drug-likeness (QED) is 0.824. The molecule has 0 radical (unpaired) electrons. The van der Waals surface area contributed by atoms with Crippen molar-refractivity contribution in [2.45, 2.75) is 25.7 Å². The molecule has 0 saturated carbocycles. The molecule has 1 fully saturated rings. The molecule has 0 aromatic heterocycles. The number of hydrogen-bond donors (Lipinski definition) is 1. The van der Waals surface area contributed by atoms with Crippen molar-refractivity contribution >= 4 is 17.5 Å². The van der Waals surface area contributed by atoms with Gasteiger partial charge in [0.25, 0.3) is 0 Å². The predicted molar refractivity (Wildman–Crippen MR) is 87.5 cm³/mol. The van der Waals surface area contributed by atoms with Gasteiger partial charge in [-0.15, -0.1) is 0 Å². The molecule has 1 aliphatic rings. The van der Waals surface area contributed by atoms with Crippen LogP contribution in [0.15, 0.2) is 12.1 Å². The molecule has 1 N–H and O–H groups in total. The van der Waals surface area contributed by atoms with Gasteiger partial charge < -0.3 is 10.2 Å². The number of anilines is 1. The van der Waals surface area contributed by atoms with Crippen molar-refractivity contribution < 1.29 is 22.8 Å². The van der Waals surface area contributed by atoms with Gasteiger partial charge in [-0.2, -0.15) is 0 Å². The normalized spacial score (nSPS) is 15.2. The van der Waals surface area contributed by atoms with E-state index in [0.717, 1.165) is 50.9 Å². The number of nitrogens with zero attached hydrogens (tertiary/aromatic N) is 2. The molecule has 0 atom stereocenters. The van der Waals surface area contributed by atoms with Gasteiger partial charge in [0.15, 0.2) is 17.5 Å². The Hall–Kier alpha value is -2.09. The summed E-state index contributed by atoms with van der Waals surface area (Å²) in [6, 6.07) is 1.69. The Balaban J connectivity index is 1.85. The molecule has 25 heavy (non-hydrogen) atoms. The number of likely N-dealkylation sites (N-methyl/N-ethyl adjacent to an activating group) is 1. The summed E-state index contributed by atoms with van der Waals surface area (Å²) >= 11 is 0. The van der Waals surface area contributed by atoms with Gasteiger partial charge in [0.2, 0.25) is 11.8 Å². The fourth-order valence-electron chi connectivity index (χ4n) is 2.76. The Labute approximate surface area is 144 Å². The topological polar surface area (TPSA) is 52.7 Å². The van der Waals surface area contributed by atoms with Crippen LogP contribution in [0.5, 0.6) is 0 Å². The summed E-state index contributed by atoms with van der Waals surface area (Å²) in [4.78, 5) is 27.5. The maximum atomic E-state index is 13.5. The summed E-state index contributed by atoms with van der Waals surface area (Å²) < 4.78 is 39.6. The SMILES string of the molecule is CN(CC(=O)Nc1ccc(F)c(F)c1F)CC(=O)N1CCCCCC1. The van der Waals surface area contributed by atoms with Crippen LogP contribution in [-0.2, 0) is 9.59 Å². The van der Waals surface area contributed by atoms with E-state index < -0.39 is 29.0 Å². The molecule has 0 spiro atoms. The minimum Gasteiger partial charge on any atom is -0.342 e. The highest BCUT2D eigenvalue weighted by Gasteiger charge is 2.19. The van der Waals surface area contributed by atoms with Crippen LogP contribution in [0, 0.1) is 17.5 Å². The largest absolute Gasteiger partial charge is 0.342 e. The Morgan fingerprint density at radius 3 is 2.32 bits per heavy atom. The van der Waals surface area contributed by atoms with Crippen LogP contribution in [0.25, 0.3) is 0 Å². The van der Waals surface area contributed by atoms with E-state index >= 15 is 0 Å². The van der Waals surface area contributed by atoms with Crippen LogP contribution in [-0.4, -0.2) is 54.8 Å². The highest BCUT2D eigenvalue weighted by atomic mass is 19.2. The van der Waals surface area contributed by atoms with Crippen molar-refractivity contribution in [2.75, 3.05) is 38.5 Å². The zero-order valence-corrected chi connectivity index (χ0v) is 14.2. The third kappa shape index (κ3) is 5.45. The number of rotatable bonds is 5. The number of hydrogen-bond acceptors (Lipinski definition) is 3. The number of nitrogens with one attached hydrogen (secondary N) is 1. The van der Waals surface area contributed by atoms with E-state index in [1.807, 2.05) is 0 Å². The summed E-state index contributed by atoms with van der Waals surface area (Å²) in [5, 5.41) is 2.18. The monoisotopic (exact) mass is 357 g/mol. The maximum Gasteiger partial charge on any atom is 0.238 e. The average Bonchev–Trinajstić information content (AvgIpc) is 2.84. The smallest absolute Gasteiger partial charge is 0.238 e. The average molecular weight is 357 g/mol. The first-order chi connectivity index (χ1) is 11.9. The van der Waals surface area contributed by atoms with Crippen LogP contribution in [0.3, 0.4) is 0 Å². The van der Waals surface area contributed by atoms with Crippen LogP contribution in [0.1, 0.15) is 25.7 Å². The second-order valence-electron chi connectivity index (χ2n) is 6.24. The molecule has 8 heteroatoms. The van der Waals surface area contributed by atoms with Crippen molar-refractivity contribution in [3.63, 3.8) is 0 Å². The first-order valence-corrected chi connectivity index (χ1v) is 8.28. The van der Waals surface area contributed by atoms with Gasteiger partial charge in [-0.05, 0) is 32.0 Å². The van der Waals surface area contributed by atoms with E-state index in [1.54, 1.807) is 11.9 Å². The zero-order valence-electron chi connectivity index (χ0n) is 14.2. The summed E-state index contributed by atoms with van der Waals surface area (Å²) in [5.74, 6) is -5.08. The van der Waals surface area contributed by atoms with E-state index in [4.69, 9.17) is 0 Å². The van der Waals surface area contributed by atoms with Gasteiger partial charge in [-0.25, -0.2) is 13.2 Å². The number of benzene rings is 1. The number of carbonyl (C=O) groups is 2. The minimum absolute atomic E-state index is 0.0591. The highest BCUT2D eigenvalue weighted by Crippen LogP contribution is 2.19. The highest BCUT2D eigenvalue weighted by molar-refractivity contribution is 5.92. The molecular formula is C17H22F3N3O2. The first-order valence-electron chi connectivity index (χ1n) is 8.28. The van der Waals surface area contributed by atoms with E-state index in [9.17, 15) is 22.8 Å². The molecule has 0 unspecified atom stereocenters. The Kier molecular flexibility index (Phi) is 6.81. The Morgan fingerprint density at radius 1 is 1.04 bits per heavy atom. The van der Waals surface area contributed by atoms with Crippen molar-refractivity contribution in [3.05, 3.63) is 29.6 Å². The third-order valence-electron chi connectivity index (χ3n) is 4.09. The van der Waals surface area contributed by atoms with Crippen LogP contribution in [0.2, 0.25) is 0 Å². The summed E-state index contributed by atoms with van der Waals surface area (Å²) in [7, 11) is 1.59. The van der Waals surface area contributed by atoms with E-state index in [1.165, 1.54) is 4.90 Å². The van der Waals surface area contributed by atoms with Gasteiger partial charge in [-0.3, -0.25) is 14.5 Å². The van der Waals surface area contributed by atoms with Gasteiger partial charge in [0.1, 0.15) is 0 Å². The molecule has 0 aliphatic carbocycles. The predicted octanol–water partition coefficient (Wildman–Crippen LogP) is 2.38. The fraction of sp³-hybridized carbons (Fsp3) is 0.529. The molecule has 1 aromatic rings. The first kappa shape index (κ1) is 19.2. The van der Waals surface area contributed by atoms with Crippen molar-refractivity contribution in [1.82, 2.24) is 9.80 Å². The van der Waals surface area contributed by atoms with E-state index in [0.29, 0.717) is 0 Å². The number of carbonyl (C=O) groups excluding carboxylic acids is 2. The minimum atomic E-state index is -1.64. The molecule has 2 rings (SSSR count). The van der Waals surface area contributed by atoms with E-state index in [2.05, 4.69) is 5.32 Å². The number of amides is 2. The van der Waals surface area contributed by atoms with Gasteiger partial charge in [0, 0.05) is 13.1 Å². The van der Waals surface area contributed by atoms with Gasteiger partial charge in [-0.1, -0.05) is 12.8 Å². The molecule has 138 valence electrons. The molecule has 0 bridgehead atoms. The Morgan fingerprint density at radius 2 is 1.68 bits per heavy atom. The number of halogens is 3. The molecule has 1 aromatic carbocycles. The van der Waals surface area contributed by atoms with Gasteiger partial charge in [0.05, 0.1) is 18.8 Å². The molecule has 5 nitrogen and oxygen atoms in total. The fourth-order valence-corrected chi connectivity index (χ4v) is 2.76. The lowest BCUT2D eigenvalue weighted by Crippen LogP contribution is -2.41.